The number of carbonyl (C=O) groups is 1. The van der Waals surface area contributed by atoms with Gasteiger partial charge in [0.15, 0.2) is 4.84 Å². The molecule has 1 amide bonds. The van der Waals surface area contributed by atoms with Crippen LogP contribution in [-0.4, -0.2) is 28.2 Å². The molecule has 0 spiro atoms. The Kier molecular flexibility index (Phi) is 3.63. The Balaban J connectivity index is 2.81. The summed E-state index contributed by atoms with van der Waals surface area (Å²) in [7, 11) is 1.59. The second kappa shape index (κ2) is 4.37. The Hall–Kier alpha value is -0.460. The third-order valence-corrected chi connectivity index (χ3v) is 3.17. The van der Waals surface area contributed by atoms with Crippen LogP contribution >= 0.6 is 23.2 Å². The van der Waals surface area contributed by atoms with Crippen molar-refractivity contribution in [2.45, 2.75) is 36.1 Å². The number of hydrogen-bond donors (Lipinski definition) is 0. The fourth-order valence-electron chi connectivity index (χ4n) is 1.84. The van der Waals surface area contributed by atoms with Gasteiger partial charge in [0.2, 0.25) is 0 Å². The maximum absolute atomic E-state index is 11.5. The molecule has 1 aliphatic carbocycles. The average Bonchev–Trinajstić information content (AvgIpc) is 2.64. The molecule has 0 atom stereocenters. The van der Waals surface area contributed by atoms with Crippen molar-refractivity contribution >= 4 is 29.1 Å². The van der Waals surface area contributed by atoms with E-state index in [1.54, 1.807) is 7.05 Å². The van der Waals surface area contributed by atoms with E-state index in [0.29, 0.717) is 12.8 Å². The molecule has 0 radical (unpaired) electrons. The van der Waals surface area contributed by atoms with Gasteiger partial charge >= 0.3 is 0 Å². The lowest BCUT2D eigenvalue weighted by atomic mass is 9.98. The summed E-state index contributed by atoms with van der Waals surface area (Å²) in [5, 5.41) is 9.09. The first-order valence-corrected chi connectivity index (χ1v) is 5.38. The van der Waals surface area contributed by atoms with Gasteiger partial charge in [0, 0.05) is 7.05 Å². The van der Waals surface area contributed by atoms with Crippen molar-refractivity contribution in [2.24, 2.45) is 0 Å². The van der Waals surface area contributed by atoms with E-state index < -0.39 is 16.3 Å². The van der Waals surface area contributed by atoms with Gasteiger partial charge in [-0.15, -0.1) is 0 Å². The Morgan fingerprint density at radius 3 is 2.36 bits per heavy atom. The van der Waals surface area contributed by atoms with Crippen molar-refractivity contribution in [1.82, 2.24) is 4.90 Å². The molecule has 0 aromatic carbocycles. The van der Waals surface area contributed by atoms with Gasteiger partial charge in [-0.2, -0.15) is 5.26 Å². The largest absolute Gasteiger partial charge is 0.325 e. The molecule has 0 unspecified atom stereocenters. The molecule has 0 aromatic rings. The van der Waals surface area contributed by atoms with Gasteiger partial charge in [-0.25, -0.2) is 0 Å². The normalized spacial score (nSPS) is 19.4. The van der Waals surface area contributed by atoms with E-state index in [1.807, 2.05) is 0 Å². The van der Waals surface area contributed by atoms with Crippen molar-refractivity contribution in [2.75, 3.05) is 7.05 Å². The first-order chi connectivity index (χ1) is 6.53. The van der Waals surface area contributed by atoms with E-state index in [0.717, 1.165) is 12.8 Å². The van der Waals surface area contributed by atoms with Gasteiger partial charge in [-0.05, 0) is 25.7 Å². The lowest BCUT2D eigenvalue weighted by molar-refractivity contribution is -0.131. The van der Waals surface area contributed by atoms with Gasteiger partial charge in [-0.3, -0.25) is 4.79 Å². The van der Waals surface area contributed by atoms with Gasteiger partial charge in [-0.1, -0.05) is 23.2 Å². The number of hydrogen-bond acceptors (Lipinski definition) is 2. The summed E-state index contributed by atoms with van der Waals surface area (Å²) in [4.78, 5) is 11.8. The molecule has 0 saturated heterocycles. The molecule has 0 N–H and O–H groups in total. The molecule has 0 aromatic heterocycles. The number of carbonyl (C=O) groups excluding carboxylic acids is 1. The smallest absolute Gasteiger partial charge is 0.256 e. The monoisotopic (exact) mass is 234 g/mol. The van der Waals surface area contributed by atoms with Crippen LogP contribution in [0.2, 0.25) is 0 Å². The second-order valence-corrected chi connectivity index (χ2v) is 4.64. The van der Waals surface area contributed by atoms with Crippen LogP contribution in [0, 0.1) is 11.3 Å². The lowest BCUT2D eigenvalue weighted by Gasteiger charge is -2.32. The van der Waals surface area contributed by atoms with E-state index in [2.05, 4.69) is 6.07 Å². The Bertz CT molecular complexity index is 266. The quantitative estimate of drug-likeness (QED) is 0.688. The van der Waals surface area contributed by atoms with Crippen LogP contribution in [0.4, 0.5) is 0 Å². The third kappa shape index (κ3) is 1.97. The fourth-order valence-corrected chi connectivity index (χ4v) is 2.13. The number of nitriles is 1. The highest BCUT2D eigenvalue weighted by Crippen LogP contribution is 2.34. The summed E-state index contributed by atoms with van der Waals surface area (Å²) >= 11 is 11.0. The van der Waals surface area contributed by atoms with Gasteiger partial charge in [0.05, 0.1) is 6.07 Å². The molecule has 1 fully saturated rings. The van der Waals surface area contributed by atoms with Crippen molar-refractivity contribution in [3.8, 4) is 6.07 Å². The third-order valence-electron chi connectivity index (χ3n) is 2.80. The molecule has 0 heterocycles. The predicted octanol–water partition coefficient (Wildman–Crippen LogP) is 2.08. The minimum Gasteiger partial charge on any atom is -0.325 e. The zero-order chi connectivity index (χ0) is 10.8. The summed E-state index contributed by atoms with van der Waals surface area (Å²) in [6.45, 7) is 0. The summed E-state index contributed by atoms with van der Waals surface area (Å²) in [6.07, 6.45) is 3.37. The van der Waals surface area contributed by atoms with Crippen molar-refractivity contribution < 1.29 is 4.79 Å². The SMILES string of the molecule is CN(C(=O)C(Cl)Cl)C1(C#N)CCCC1. The number of amides is 1. The van der Waals surface area contributed by atoms with Crippen LogP contribution in [0.1, 0.15) is 25.7 Å². The average molecular weight is 235 g/mol. The highest BCUT2D eigenvalue weighted by atomic mass is 35.5. The van der Waals surface area contributed by atoms with Crippen molar-refractivity contribution in [1.29, 1.82) is 5.26 Å². The number of halogens is 2. The second-order valence-electron chi connectivity index (χ2n) is 3.55. The number of nitrogens with zero attached hydrogens (tertiary/aromatic N) is 2. The van der Waals surface area contributed by atoms with Crippen molar-refractivity contribution in [3.63, 3.8) is 0 Å². The molecule has 1 aliphatic rings. The van der Waals surface area contributed by atoms with Crippen LogP contribution < -0.4 is 0 Å². The maximum Gasteiger partial charge on any atom is 0.256 e. The standard InChI is InChI=1S/C9H12Cl2N2O/c1-13(8(14)7(10)11)9(6-12)4-2-3-5-9/h7H,2-5H2,1H3. The summed E-state index contributed by atoms with van der Waals surface area (Å²) in [5.74, 6) is -0.392. The Morgan fingerprint density at radius 2 is 2.00 bits per heavy atom. The van der Waals surface area contributed by atoms with E-state index in [4.69, 9.17) is 28.5 Å². The highest BCUT2D eigenvalue weighted by Gasteiger charge is 2.41. The molecule has 1 rings (SSSR count). The van der Waals surface area contributed by atoms with Crippen LogP contribution in [0.25, 0.3) is 0 Å². The molecule has 0 aliphatic heterocycles. The van der Waals surface area contributed by atoms with Crippen molar-refractivity contribution in [3.05, 3.63) is 0 Å². The van der Waals surface area contributed by atoms with Gasteiger partial charge < -0.3 is 4.90 Å². The molecule has 78 valence electrons. The minimum atomic E-state index is -1.08. The lowest BCUT2D eigenvalue weighted by Crippen LogP contribution is -2.48. The molecule has 0 bridgehead atoms. The van der Waals surface area contributed by atoms with E-state index in [-0.39, 0.29) is 0 Å². The molecular formula is C9H12Cl2N2O. The highest BCUT2D eigenvalue weighted by molar-refractivity contribution is 6.53. The Labute approximate surface area is 93.6 Å². The minimum absolute atomic E-state index is 0.392. The molecule has 1 saturated carbocycles. The molecule has 5 heteroatoms. The molecular weight excluding hydrogens is 223 g/mol. The topological polar surface area (TPSA) is 44.1 Å². The zero-order valence-electron chi connectivity index (χ0n) is 7.96. The van der Waals surface area contributed by atoms with Crippen LogP contribution in [0.15, 0.2) is 0 Å². The van der Waals surface area contributed by atoms with Gasteiger partial charge in [0.25, 0.3) is 5.91 Å². The maximum atomic E-state index is 11.5. The first kappa shape index (κ1) is 11.6. The van der Waals surface area contributed by atoms with Crippen LogP contribution in [0.5, 0.6) is 0 Å². The van der Waals surface area contributed by atoms with Crippen LogP contribution in [-0.2, 0) is 4.79 Å². The Morgan fingerprint density at radius 1 is 1.50 bits per heavy atom. The molecule has 3 nitrogen and oxygen atoms in total. The predicted molar refractivity (Wildman–Crippen MR) is 55.1 cm³/mol. The zero-order valence-corrected chi connectivity index (χ0v) is 9.48. The molecule has 14 heavy (non-hydrogen) atoms. The van der Waals surface area contributed by atoms with E-state index in [9.17, 15) is 4.79 Å². The number of rotatable bonds is 2. The van der Waals surface area contributed by atoms with E-state index >= 15 is 0 Å². The first-order valence-electron chi connectivity index (χ1n) is 4.50. The van der Waals surface area contributed by atoms with Crippen LogP contribution in [0.3, 0.4) is 0 Å². The fraction of sp³-hybridized carbons (Fsp3) is 0.778. The van der Waals surface area contributed by atoms with Gasteiger partial charge in [0.1, 0.15) is 5.54 Å². The summed E-state index contributed by atoms with van der Waals surface area (Å²) in [5.41, 5.74) is -0.681. The summed E-state index contributed by atoms with van der Waals surface area (Å²) in [6, 6.07) is 2.20. The van der Waals surface area contributed by atoms with E-state index in [1.165, 1.54) is 4.90 Å². The number of alkyl halides is 2. The summed E-state index contributed by atoms with van der Waals surface area (Å²) < 4.78 is 0.